The van der Waals surface area contributed by atoms with E-state index in [4.69, 9.17) is 4.84 Å². The number of halogens is 1. The maximum absolute atomic E-state index is 12.9. The Bertz CT molecular complexity index is 843. The van der Waals surface area contributed by atoms with Crippen LogP contribution in [0.15, 0.2) is 58.3 Å². The predicted octanol–water partition coefficient (Wildman–Crippen LogP) is 3.44. The number of pyridine rings is 1. The van der Waals surface area contributed by atoms with Crippen LogP contribution in [0.25, 0.3) is 0 Å². The highest BCUT2D eigenvalue weighted by Gasteiger charge is 2.34. The van der Waals surface area contributed by atoms with Crippen molar-refractivity contribution in [2.45, 2.75) is 31.4 Å². The summed E-state index contributed by atoms with van der Waals surface area (Å²) < 4.78 is 1.04. The number of rotatable bonds is 4. The zero-order valence-electron chi connectivity index (χ0n) is 14.8. The van der Waals surface area contributed by atoms with Crippen molar-refractivity contribution < 1.29 is 9.63 Å². The highest BCUT2D eigenvalue weighted by Crippen LogP contribution is 2.22. The first-order valence-electron chi connectivity index (χ1n) is 9.14. The number of amides is 1. The summed E-state index contributed by atoms with van der Waals surface area (Å²) in [6.45, 7) is 1.43. The molecule has 1 N–H and O–H groups in total. The van der Waals surface area contributed by atoms with Crippen molar-refractivity contribution in [2.75, 3.05) is 18.4 Å². The summed E-state index contributed by atoms with van der Waals surface area (Å²) in [5.41, 5.74) is 2.55. The van der Waals surface area contributed by atoms with E-state index in [0.717, 1.165) is 41.0 Å². The normalized spacial score (nSPS) is 22.1. The molecule has 1 fully saturated rings. The van der Waals surface area contributed by atoms with E-state index in [9.17, 15) is 4.79 Å². The number of hydrogen-bond acceptors (Lipinski definition) is 5. The SMILES string of the molecule is O=C(C1CC(c2ccccn2)=NO1)N1CCCC(Nc2cccc(Br)c2)C1. The molecule has 27 heavy (non-hydrogen) atoms. The number of carbonyl (C=O) groups excluding carboxylic acids is 1. The minimum atomic E-state index is -0.549. The highest BCUT2D eigenvalue weighted by atomic mass is 79.9. The Balaban J connectivity index is 1.35. The highest BCUT2D eigenvalue weighted by molar-refractivity contribution is 9.10. The minimum absolute atomic E-state index is 0.00502. The number of carbonyl (C=O) groups is 1. The molecular formula is C20H21BrN4O2. The Hall–Kier alpha value is -2.41. The number of aromatic nitrogens is 1. The zero-order valence-corrected chi connectivity index (χ0v) is 16.4. The summed E-state index contributed by atoms with van der Waals surface area (Å²) in [5, 5.41) is 7.61. The van der Waals surface area contributed by atoms with Crippen molar-refractivity contribution in [3.63, 3.8) is 0 Å². The van der Waals surface area contributed by atoms with Crippen LogP contribution in [0.3, 0.4) is 0 Å². The smallest absolute Gasteiger partial charge is 0.266 e. The second-order valence-electron chi connectivity index (χ2n) is 6.83. The van der Waals surface area contributed by atoms with Crippen molar-refractivity contribution in [1.29, 1.82) is 0 Å². The molecule has 0 bridgehead atoms. The van der Waals surface area contributed by atoms with Crippen LogP contribution in [0.4, 0.5) is 5.69 Å². The fourth-order valence-electron chi connectivity index (χ4n) is 3.51. The van der Waals surface area contributed by atoms with Crippen LogP contribution < -0.4 is 5.32 Å². The Morgan fingerprint density at radius 3 is 3.00 bits per heavy atom. The summed E-state index contributed by atoms with van der Waals surface area (Å²) in [7, 11) is 0. The lowest BCUT2D eigenvalue weighted by Gasteiger charge is -2.34. The van der Waals surface area contributed by atoms with Crippen molar-refractivity contribution in [3.05, 3.63) is 58.8 Å². The lowest BCUT2D eigenvalue weighted by molar-refractivity contribution is -0.143. The van der Waals surface area contributed by atoms with Gasteiger partial charge in [0.2, 0.25) is 6.10 Å². The number of likely N-dealkylation sites (tertiary alicyclic amines) is 1. The van der Waals surface area contributed by atoms with Gasteiger partial charge in [0.25, 0.3) is 5.91 Å². The molecule has 0 saturated carbocycles. The molecule has 3 heterocycles. The van der Waals surface area contributed by atoms with Gasteiger partial charge in [-0.05, 0) is 43.2 Å². The quantitative estimate of drug-likeness (QED) is 0.809. The van der Waals surface area contributed by atoms with Crippen molar-refractivity contribution in [3.8, 4) is 0 Å². The largest absolute Gasteiger partial charge is 0.382 e. The van der Waals surface area contributed by atoms with E-state index >= 15 is 0 Å². The summed E-state index contributed by atoms with van der Waals surface area (Å²) in [6.07, 6.45) is 3.65. The van der Waals surface area contributed by atoms with Crippen molar-refractivity contribution >= 4 is 33.2 Å². The molecule has 1 saturated heterocycles. The topological polar surface area (TPSA) is 66.8 Å². The minimum Gasteiger partial charge on any atom is -0.382 e. The molecule has 1 aromatic heterocycles. The lowest BCUT2D eigenvalue weighted by Crippen LogP contribution is -2.48. The molecule has 6 nitrogen and oxygen atoms in total. The Morgan fingerprint density at radius 1 is 1.26 bits per heavy atom. The monoisotopic (exact) mass is 428 g/mol. The average Bonchev–Trinajstić information content (AvgIpc) is 3.19. The molecule has 4 rings (SSSR count). The summed E-state index contributed by atoms with van der Waals surface area (Å²) >= 11 is 3.49. The molecule has 2 unspecified atom stereocenters. The van der Waals surface area contributed by atoms with E-state index in [1.807, 2.05) is 47.4 Å². The van der Waals surface area contributed by atoms with Crippen LogP contribution >= 0.6 is 15.9 Å². The molecule has 140 valence electrons. The first-order chi connectivity index (χ1) is 13.2. The first kappa shape index (κ1) is 18.0. The van der Waals surface area contributed by atoms with Crippen LogP contribution in [-0.2, 0) is 9.63 Å². The maximum Gasteiger partial charge on any atom is 0.266 e. The Morgan fingerprint density at radius 2 is 2.19 bits per heavy atom. The van der Waals surface area contributed by atoms with Crippen LogP contribution in [0, 0.1) is 0 Å². The van der Waals surface area contributed by atoms with Crippen molar-refractivity contribution in [2.24, 2.45) is 5.16 Å². The molecule has 7 heteroatoms. The number of nitrogens with one attached hydrogen (secondary N) is 1. The van der Waals surface area contributed by atoms with E-state index in [-0.39, 0.29) is 11.9 Å². The second-order valence-corrected chi connectivity index (χ2v) is 7.74. The Kier molecular flexibility index (Phi) is 5.38. The molecule has 2 atom stereocenters. The van der Waals surface area contributed by atoms with E-state index in [1.54, 1.807) is 6.20 Å². The predicted molar refractivity (Wildman–Crippen MR) is 108 cm³/mol. The molecular weight excluding hydrogens is 408 g/mol. The second kappa shape index (κ2) is 8.08. The van der Waals surface area contributed by atoms with Gasteiger partial charge in [0.05, 0.1) is 5.69 Å². The lowest BCUT2D eigenvalue weighted by atomic mass is 10.0. The fourth-order valence-corrected chi connectivity index (χ4v) is 3.91. The fraction of sp³-hybridized carbons (Fsp3) is 0.350. The van der Waals surface area contributed by atoms with Crippen LogP contribution in [-0.4, -0.2) is 46.7 Å². The number of oxime groups is 1. The molecule has 0 radical (unpaired) electrons. The van der Waals surface area contributed by atoms with Gasteiger partial charge < -0.3 is 15.1 Å². The average molecular weight is 429 g/mol. The molecule has 2 aliphatic rings. The summed E-state index contributed by atoms with van der Waals surface area (Å²) in [5.74, 6) is 0.00502. The van der Waals surface area contributed by atoms with Gasteiger partial charge in [0.1, 0.15) is 5.71 Å². The third kappa shape index (κ3) is 4.30. The summed E-state index contributed by atoms with van der Waals surface area (Å²) in [4.78, 5) is 24.5. The first-order valence-corrected chi connectivity index (χ1v) is 9.93. The van der Waals surface area contributed by atoms with Gasteiger partial charge in [-0.25, -0.2) is 0 Å². The van der Waals surface area contributed by atoms with Gasteiger partial charge >= 0.3 is 0 Å². The maximum atomic E-state index is 12.9. The van der Waals surface area contributed by atoms with Gasteiger partial charge in [-0.2, -0.15) is 0 Å². The van der Waals surface area contributed by atoms with Crippen LogP contribution in [0.2, 0.25) is 0 Å². The van der Waals surface area contributed by atoms with Crippen LogP contribution in [0.1, 0.15) is 25.0 Å². The number of benzene rings is 1. The van der Waals surface area contributed by atoms with Crippen molar-refractivity contribution in [1.82, 2.24) is 9.88 Å². The van der Waals surface area contributed by atoms with Crippen LogP contribution in [0.5, 0.6) is 0 Å². The Labute approximate surface area is 166 Å². The van der Waals surface area contributed by atoms with Gasteiger partial charge in [-0.15, -0.1) is 0 Å². The van der Waals surface area contributed by atoms with E-state index in [2.05, 4.69) is 31.4 Å². The number of anilines is 1. The van der Waals surface area contributed by atoms with E-state index in [0.29, 0.717) is 13.0 Å². The molecule has 2 aromatic rings. The molecule has 1 amide bonds. The van der Waals surface area contributed by atoms with E-state index < -0.39 is 6.10 Å². The third-order valence-electron chi connectivity index (χ3n) is 4.83. The van der Waals surface area contributed by atoms with Gasteiger partial charge in [0.15, 0.2) is 0 Å². The number of piperidine rings is 1. The number of nitrogens with zero attached hydrogens (tertiary/aromatic N) is 3. The van der Waals surface area contributed by atoms with Gasteiger partial charge in [0, 0.05) is 41.9 Å². The number of hydrogen-bond donors (Lipinski definition) is 1. The van der Waals surface area contributed by atoms with Gasteiger partial charge in [-0.3, -0.25) is 9.78 Å². The standard InChI is InChI=1S/C20H21BrN4O2/c21-14-5-3-6-15(11-14)23-16-7-4-10-25(13-16)20(26)19-12-18(24-27-19)17-8-1-2-9-22-17/h1-3,5-6,8-9,11,16,19,23H,4,7,10,12-13H2. The zero-order chi connectivity index (χ0) is 18.6. The molecule has 0 spiro atoms. The molecule has 1 aromatic carbocycles. The molecule has 0 aliphatic carbocycles. The third-order valence-corrected chi connectivity index (χ3v) is 5.33. The van der Waals surface area contributed by atoms with Gasteiger partial charge in [-0.1, -0.05) is 33.2 Å². The van der Waals surface area contributed by atoms with E-state index in [1.165, 1.54) is 0 Å². The summed E-state index contributed by atoms with van der Waals surface area (Å²) in [6, 6.07) is 14.0. The molecule has 2 aliphatic heterocycles.